The lowest BCUT2D eigenvalue weighted by Gasteiger charge is -2.04. The molecule has 0 unspecified atom stereocenters. The summed E-state index contributed by atoms with van der Waals surface area (Å²) in [6, 6.07) is 25.7. The molecule has 0 fully saturated rings. The number of rotatable bonds is 7. The van der Waals surface area contributed by atoms with Gasteiger partial charge in [0.15, 0.2) is 0 Å². The summed E-state index contributed by atoms with van der Waals surface area (Å²) in [6.45, 7) is 2.53. The second-order valence-electron chi connectivity index (χ2n) is 6.28. The second-order valence-corrected chi connectivity index (χ2v) is 6.28. The Balaban J connectivity index is 1.61. The van der Waals surface area contributed by atoms with Crippen LogP contribution in [0.15, 0.2) is 83.9 Å². The predicted octanol–water partition coefficient (Wildman–Crippen LogP) is 6.06. The molecule has 0 saturated heterocycles. The average molecular weight is 357 g/mol. The maximum Gasteiger partial charge on any atom is 0.338 e. The van der Waals surface area contributed by atoms with Crippen molar-refractivity contribution in [1.29, 1.82) is 0 Å². The lowest BCUT2D eigenvalue weighted by atomic mass is 10.0. The van der Waals surface area contributed by atoms with E-state index in [1.54, 1.807) is 12.1 Å². The summed E-state index contributed by atoms with van der Waals surface area (Å²) in [5.41, 5.74) is 4.75. The minimum atomic E-state index is -0.282. The van der Waals surface area contributed by atoms with E-state index in [9.17, 15) is 4.79 Å². The van der Waals surface area contributed by atoms with Crippen molar-refractivity contribution in [2.45, 2.75) is 19.8 Å². The Morgan fingerprint density at radius 3 is 2.22 bits per heavy atom. The number of carbonyl (C=O) groups excluding carboxylic acids is 1. The monoisotopic (exact) mass is 357 g/mol. The van der Waals surface area contributed by atoms with Crippen LogP contribution in [0.4, 0.5) is 5.69 Å². The van der Waals surface area contributed by atoms with Crippen molar-refractivity contribution in [2.24, 2.45) is 4.99 Å². The third-order valence-electron chi connectivity index (χ3n) is 4.21. The number of hydrogen-bond acceptors (Lipinski definition) is 3. The Morgan fingerprint density at radius 1 is 0.889 bits per heavy atom. The van der Waals surface area contributed by atoms with Crippen molar-refractivity contribution in [1.82, 2.24) is 0 Å². The van der Waals surface area contributed by atoms with Crippen molar-refractivity contribution in [3.63, 3.8) is 0 Å². The van der Waals surface area contributed by atoms with Crippen LogP contribution < -0.4 is 0 Å². The summed E-state index contributed by atoms with van der Waals surface area (Å²) < 4.78 is 5.21. The van der Waals surface area contributed by atoms with Crippen LogP contribution in [-0.2, 0) is 4.74 Å². The molecule has 0 saturated carbocycles. The standard InChI is InChI=1S/C24H23NO2/c1-2-3-17-27-24(26)22-13-15-23(16-14-22)25-18-19-9-11-21(12-10-19)20-7-5-4-6-8-20/h4-16,18H,2-3,17H2,1H3. The zero-order valence-corrected chi connectivity index (χ0v) is 15.5. The van der Waals surface area contributed by atoms with Gasteiger partial charge in [0.05, 0.1) is 17.9 Å². The van der Waals surface area contributed by atoms with Crippen molar-refractivity contribution in [3.05, 3.63) is 90.0 Å². The number of esters is 1. The van der Waals surface area contributed by atoms with E-state index < -0.39 is 0 Å². The Kier molecular flexibility index (Phi) is 6.53. The molecule has 3 nitrogen and oxygen atoms in total. The van der Waals surface area contributed by atoms with Crippen molar-refractivity contribution in [2.75, 3.05) is 6.61 Å². The number of aliphatic imine (C=N–C) groups is 1. The highest BCUT2D eigenvalue weighted by atomic mass is 16.5. The van der Waals surface area contributed by atoms with E-state index >= 15 is 0 Å². The molecular weight excluding hydrogens is 334 g/mol. The molecule has 3 aromatic rings. The highest BCUT2D eigenvalue weighted by Crippen LogP contribution is 2.19. The molecule has 0 aliphatic carbocycles. The Morgan fingerprint density at radius 2 is 1.56 bits per heavy atom. The molecule has 0 aromatic heterocycles. The average Bonchev–Trinajstić information content (AvgIpc) is 2.74. The van der Waals surface area contributed by atoms with Gasteiger partial charge in [-0.15, -0.1) is 0 Å². The SMILES string of the molecule is CCCCOC(=O)c1ccc(N=Cc2ccc(-c3ccccc3)cc2)cc1. The summed E-state index contributed by atoms with van der Waals surface area (Å²) >= 11 is 0. The van der Waals surface area contributed by atoms with E-state index in [2.05, 4.69) is 36.2 Å². The maximum atomic E-state index is 11.9. The molecule has 0 atom stereocenters. The number of ether oxygens (including phenoxy) is 1. The van der Waals surface area contributed by atoms with Gasteiger partial charge >= 0.3 is 5.97 Å². The van der Waals surface area contributed by atoms with Gasteiger partial charge in [-0.05, 0) is 47.4 Å². The van der Waals surface area contributed by atoms with Crippen LogP contribution in [-0.4, -0.2) is 18.8 Å². The second kappa shape index (κ2) is 9.48. The first kappa shape index (κ1) is 18.6. The van der Waals surface area contributed by atoms with E-state index in [0.29, 0.717) is 12.2 Å². The molecule has 0 N–H and O–H groups in total. The van der Waals surface area contributed by atoms with Gasteiger partial charge < -0.3 is 4.74 Å². The highest BCUT2D eigenvalue weighted by Gasteiger charge is 2.06. The molecule has 3 rings (SSSR count). The van der Waals surface area contributed by atoms with Crippen LogP contribution in [0.3, 0.4) is 0 Å². The van der Waals surface area contributed by atoms with Crippen LogP contribution in [0.5, 0.6) is 0 Å². The molecule has 0 amide bonds. The largest absolute Gasteiger partial charge is 0.462 e. The lowest BCUT2D eigenvalue weighted by Crippen LogP contribution is -2.05. The minimum Gasteiger partial charge on any atom is -0.462 e. The van der Waals surface area contributed by atoms with Gasteiger partial charge in [-0.3, -0.25) is 4.99 Å². The van der Waals surface area contributed by atoms with Gasteiger partial charge in [0.25, 0.3) is 0 Å². The summed E-state index contributed by atoms with van der Waals surface area (Å²) in [6.07, 6.45) is 3.72. The van der Waals surface area contributed by atoms with Gasteiger partial charge in [-0.2, -0.15) is 0 Å². The fourth-order valence-corrected chi connectivity index (χ4v) is 2.62. The molecule has 0 radical (unpaired) electrons. The Hall–Kier alpha value is -3.20. The predicted molar refractivity (Wildman–Crippen MR) is 111 cm³/mol. The summed E-state index contributed by atoms with van der Waals surface area (Å²) in [5.74, 6) is -0.282. The minimum absolute atomic E-state index is 0.282. The van der Waals surface area contributed by atoms with Crippen LogP contribution >= 0.6 is 0 Å². The third kappa shape index (κ3) is 5.38. The Labute approximate surface area is 160 Å². The molecule has 0 aliphatic heterocycles. The number of nitrogens with zero attached hydrogens (tertiary/aromatic N) is 1. The molecule has 0 bridgehead atoms. The molecule has 3 aromatic carbocycles. The fraction of sp³-hybridized carbons (Fsp3) is 0.167. The van der Waals surface area contributed by atoms with Crippen LogP contribution in [0.2, 0.25) is 0 Å². The molecule has 0 spiro atoms. The number of carbonyl (C=O) groups is 1. The van der Waals surface area contributed by atoms with Crippen LogP contribution in [0.1, 0.15) is 35.7 Å². The first-order valence-corrected chi connectivity index (χ1v) is 9.23. The first-order chi connectivity index (χ1) is 13.3. The normalized spacial score (nSPS) is 10.9. The van der Waals surface area contributed by atoms with E-state index in [0.717, 1.165) is 24.1 Å². The number of unbranched alkanes of at least 4 members (excludes halogenated alkanes) is 1. The molecule has 0 heterocycles. The van der Waals surface area contributed by atoms with Crippen molar-refractivity contribution in [3.8, 4) is 11.1 Å². The first-order valence-electron chi connectivity index (χ1n) is 9.23. The Bertz CT molecular complexity index is 882. The maximum absolute atomic E-state index is 11.9. The van der Waals surface area contributed by atoms with Gasteiger partial charge in [-0.25, -0.2) is 4.79 Å². The summed E-state index contributed by atoms with van der Waals surface area (Å²) in [5, 5.41) is 0. The smallest absolute Gasteiger partial charge is 0.338 e. The molecular formula is C24H23NO2. The topological polar surface area (TPSA) is 38.7 Å². The van der Waals surface area contributed by atoms with E-state index in [-0.39, 0.29) is 5.97 Å². The lowest BCUT2D eigenvalue weighted by molar-refractivity contribution is 0.0500. The van der Waals surface area contributed by atoms with Crippen LogP contribution in [0.25, 0.3) is 11.1 Å². The van der Waals surface area contributed by atoms with E-state index in [1.807, 2.05) is 48.7 Å². The number of benzene rings is 3. The molecule has 27 heavy (non-hydrogen) atoms. The van der Waals surface area contributed by atoms with Crippen molar-refractivity contribution < 1.29 is 9.53 Å². The van der Waals surface area contributed by atoms with E-state index in [1.165, 1.54) is 11.1 Å². The summed E-state index contributed by atoms with van der Waals surface area (Å²) in [4.78, 5) is 16.4. The number of hydrogen-bond donors (Lipinski definition) is 0. The van der Waals surface area contributed by atoms with Gasteiger partial charge in [0, 0.05) is 6.21 Å². The van der Waals surface area contributed by atoms with E-state index in [4.69, 9.17) is 4.74 Å². The zero-order chi connectivity index (χ0) is 18.9. The van der Waals surface area contributed by atoms with Gasteiger partial charge in [-0.1, -0.05) is 67.9 Å². The van der Waals surface area contributed by atoms with Crippen LogP contribution in [0, 0.1) is 0 Å². The fourth-order valence-electron chi connectivity index (χ4n) is 2.62. The van der Waals surface area contributed by atoms with Crippen molar-refractivity contribution >= 4 is 17.9 Å². The summed E-state index contributed by atoms with van der Waals surface area (Å²) in [7, 11) is 0. The highest BCUT2D eigenvalue weighted by molar-refractivity contribution is 5.90. The quantitative estimate of drug-likeness (QED) is 0.293. The molecule has 3 heteroatoms. The zero-order valence-electron chi connectivity index (χ0n) is 15.5. The van der Waals surface area contributed by atoms with Gasteiger partial charge in [0.1, 0.15) is 0 Å². The van der Waals surface area contributed by atoms with Gasteiger partial charge in [0.2, 0.25) is 0 Å². The molecule has 0 aliphatic rings. The molecule has 136 valence electrons. The third-order valence-corrected chi connectivity index (χ3v) is 4.21.